The summed E-state index contributed by atoms with van der Waals surface area (Å²) in [5, 5.41) is 0. The molecule has 0 fully saturated rings. The first-order valence-corrected chi connectivity index (χ1v) is 7.15. The zero-order chi connectivity index (χ0) is 16.4. The van der Waals surface area contributed by atoms with Crippen LogP contribution in [0.1, 0.15) is 5.56 Å². The number of hydrogen-bond donors (Lipinski definition) is 3. The summed E-state index contributed by atoms with van der Waals surface area (Å²) in [5.41, 5.74) is 13.8. The van der Waals surface area contributed by atoms with Gasteiger partial charge in [0.25, 0.3) is 0 Å². The zero-order valence-corrected chi connectivity index (χ0v) is 11.5. The van der Waals surface area contributed by atoms with Crippen molar-refractivity contribution in [1.82, 2.24) is 0 Å². The average Bonchev–Trinajstić information content (AvgIpc) is 2.24. The van der Waals surface area contributed by atoms with Crippen LogP contribution in [0.4, 0.5) is 18.9 Å². The Morgan fingerprint density at radius 2 is 1.76 bits per heavy atom. The van der Waals surface area contributed by atoms with Crippen molar-refractivity contribution in [2.24, 2.45) is 27.2 Å². The van der Waals surface area contributed by atoms with Crippen molar-refractivity contribution in [2.75, 3.05) is 6.26 Å². The normalized spacial score (nSPS) is 13.0. The highest BCUT2D eigenvalue weighted by molar-refractivity contribution is 7.90. The lowest BCUT2D eigenvalue weighted by Crippen LogP contribution is -2.26. The Morgan fingerprint density at radius 1 is 1.19 bits per heavy atom. The zero-order valence-electron chi connectivity index (χ0n) is 10.7. The number of hydrogen-bond acceptors (Lipinski definition) is 3. The summed E-state index contributed by atoms with van der Waals surface area (Å²) in [7, 11) is -4.05. The largest absolute Gasteiger partial charge is 0.417 e. The van der Waals surface area contributed by atoms with Gasteiger partial charge in [-0.1, -0.05) is 0 Å². The van der Waals surface area contributed by atoms with Gasteiger partial charge in [0.05, 0.1) is 16.1 Å². The van der Waals surface area contributed by atoms with Crippen molar-refractivity contribution in [3.8, 4) is 0 Å². The van der Waals surface area contributed by atoms with Gasteiger partial charge in [0, 0.05) is 6.26 Å². The predicted molar refractivity (Wildman–Crippen MR) is 71.6 cm³/mol. The Balaban J connectivity index is 3.47. The minimum Gasteiger partial charge on any atom is -0.370 e. The predicted octanol–water partition coefficient (Wildman–Crippen LogP) is 0.329. The number of nitrogens with zero attached hydrogens (tertiary/aromatic N) is 2. The molecule has 0 atom stereocenters. The van der Waals surface area contributed by atoms with Crippen molar-refractivity contribution in [3.05, 3.63) is 23.8 Å². The van der Waals surface area contributed by atoms with E-state index in [1.807, 2.05) is 0 Å². The summed E-state index contributed by atoms with van der Waals surface area (Å²) >= 11 is 0. The van der Waals surface area contributed by atoms with Crippen molar-refractivity contribution < 1.29 is 21.6 Å². The fourth-order valence-electron chi connectivity index (χ4n) is 1.42. The van der Waals surface area contributed by atoms with Gasteiger partial charge in [-0.05, 0) is 18.2 Å². The third-order valence-corrected chi connectivity index (χ3v) is 3.31. The van der Waals surface area contributed by atoms with Crippen LogP contribution < -0.4 is 17.2 Å². The molecule has 0 unspecified atom stereocenters. The second kappa shape index (κ2) is 5.60. The molecule has 1 aromatic rings. The van der Waals surface area contributed by atoms with Gasteiger partial charge in [0.15, 0.2) is 15.8 Å². The highest BCUT2D eigenvalue weighted by Crippen LogP contribution is 2.36. The topological polar surface area (TPSA) is 137 Å². The second-order valence-electron chi connectivity index (χ2n) is 3.96. The smallest absolute Gasteiger partial charge is 0.370 e. The van der Waals surface area contributed by atoms with Crippen LogP contribution in [0.2, 0.25) is 0 Å². The van der Waals surface area contributed by atoms with Crippen LogP contribution in [0.15, 0.2) is 33.1 Å². The molecule has 11 heteroatoms. The lowest BCUT2D eigenvalue weighted by molar-refractivity contribution is -0.139. The SMILES string of the molecule is CS(=O)(=O)c1ccc(N=C(N)N=C(N)N)cc1C(F)(F)F. The van der Waals surface area contributed by atoms with Gasteiger partial charge in [0.2, 0.25) is 5.96 Å². The molecule has 21 heavy (non-hydrogen) atoms. The number of aliphatic imine (C=N–C) groups is 2. The van der Waals surface area contributed by atoms with Crippen LogP contribution in [-0.4, -0.2) is 26.6 Å². The first kappa shape index (κ1) is 16.8. The van der Waals surface area contributed by atoms with Crippen molar-refractivity contribution in [2.45, 2.75) is 11.1 Å². The van der Waals surface area contributed by atoms with Gasteiger partial charge in [-0.3, -0.25) is 0 Å². The van der Waals surface area contributed by atoms with Gasteiger partial charge in [0.1, 0.15) is 0 Å². The van der Waals surface area contributed by atoms with E-state index in [1.165, 1.54) is 0 Å². The molecule has 7 nitrogen and oxygen atoms in total. The Labute approximate surface area is 118 Å². The van der Waals surface area contributed by atoms with E-state index >= 15 is 0 Å². The van der Waals surface area contributed by atoms with Crippen LogP contribution in [0.25, 0.3) is 0 Å². The van der Waals surface area contributed by atoms with Crippen LogP contribution in [0.5, 0.6) is 0 Å². The highest BCUT2D eigenvalue weighted by Gasteiger charge is 2.36. The van der Waals surface area contributed by atoms with E-state index < -0.39 is 38.4 Å². The molecule has 0 aromatic heterocycles. The number of guanidine groups is 2. The Morgan fingerprint density at radius 3 is 2.19 bits per heavy atom. The summed E-state index contributed by atoms with van der Waals surface area (Å²) in [4.78, 5) is 6.03. The third kappa shape index (κ3) is 4.63. The Bertz CT molecular complexity index is 706. The molecular formula is C10H12F3N5O2S. The van der Waals surface area contributed by atoms with Crippen molar-refractivity contribution in [1.29, 1.82) is 0 Å². The van der Waals surface area contributed by atoms with Crippen LogP contribution >= 0.6 is 0 Å². The minimum atomic E-state index is -4.87. The van der Waals surface area contributed by atoms with Crippen LogP contribution in [0.3, 0.4) is 0 Å². The number of benzene rings is 1. The highest BCUT2D eigenvalue weighted by atomic mass is 32.2. The molecular weight excluding hydrogens is 311 g/mol. The van der Waals surface area contributed by atoms with E-state index in [-0.39, 0.29) is 5.69 Å². The fraction of sp³-hybridized carbons (Fsp3) is 0.200. The molecule has 0 saturated heterocycles. The second-order valence-corrected chi connectivity index (χ2v) is 5.94. The Hall–Kier alpha value is -2.30. The summed E-state index contributed by atoms with van der Waals surface area (Å²) < 4.78 is 61.4. The number of halogens is 3. The van der Waals surface area contributed by atoms with Gasteiger partial charge in [-0.2, -0.15) is 18.2 Å². The number of sulfone groups is 1. The van der Waals surface area contributed by atoms with E-state index in [0.29, 0.717) is 12.3 Å². The van der Waals surface area contributed by atoms with Gasteiger partial charge in [-0.25, -0.2) is 13.4 Å². The molecule has 0 amide bonds. The standard InChI is InChI=1S/C10H12F3N5O2S/c1-21(19,20)7-3-2-5(4-6(7)10(11,12)13)17-9(16)18-8(14)15/h2-4H,1H3,(H6,14,15,16,17,18). The number of nitrogens with two attached hydrogens (primary N) is 3. The fourth-order valence-corrected chi connectivity index (χ4v) is 2.31. The van der Waals surface area contributed by atoms with Gasteiger partial charge < -0.3 is 17.2 Å². The Kier molecular flexibility index (Phi) is 4.46. The first-order valence-electron chi connectivity index (χ1n) is 5.26. The molecule has 0 heterocycles. The van der Waals surface area contributed by atoms with Crippen LogP contribution in [-0.2, 0) is 16.0 Å². The lowest BCUT2D eigenvalue weighted by Gasteiger charge is -2.12. The molecule has 0 spiro atoms. The minimum absolute atomic E-state index is 0.239. The quantitative estimate of drug-likeness (QED) is 0.532. The van der Waals surface area contributed by atoms with Gasteiger partial charge >= 0.3 is 6.18 Å². The molecule has 1 aromatic carbocycles. The van der Waals surface area contributed by atoms with Crippen molar-refractivity contribution in [3.63, 3.8) is 0 Å². The number of alkyl halides is 3. The van der Waals surface area contributed by atoms with E-state index in [1.54, 1.807) is 0 Å². The summed E-state index contributed by atoms with van der Waals surface area (Å²) in [6.07, 6.45) is -4.19. The maximum atomic E-state index is 12.9. The van der Waals surface area contributed by atoms with Gasteiger partial charge in [-0.15, -0.1) is 0 Å². The molecule has 116 valence electrons. The summed E-state index contributed by atoms with van der Waals surface area (Å²) in [6.45, 7) is 0. The molecule has 0 aliphatic carbocycles. The van der Waals surface area contributed by atoms with Crippen LogP contribution in [0, 0.1) is 0 Å². The molecule has 0 aliphatic heterocycles. The number of rotatable bonds is 2. The monoisotopic (exact) mass is 323 g/mol. The lowest BCUT2D eigenvalue weighted by atomic mass is 10.2. The van der Waals surface area contributed by atoms with E-state index in [4.69, 9.17) is 17.2 Å². The molecule has 1 rings (SSSR count). The molecule has 6 N–H and O–H groups in total. The maximum absolute atomic E-state index is 12.9. The van der Waals surface area contributed by atoms with E-state index in [9.17, 15) is 21.6 Å². The molecule has 0 bridgehead atoms. The maximum Gasteiger partial charge on any atom is 0.417 e. The van der Waals surface area contributed by atoms with E-state index in [0.717, 1.165) is 12.1 Å². The molecule has 0 aliphatic rings. The molecule has 0 saturated carbocycles. The third-order valence-electron chi connectivity index (χ3n) is 2.16. The van der Waals surface area contributed by atoms with Crippen molar-refractivity contribution >= 4 is 27.4 Å². The average molecular weight is 323 g/mol. The van der Waals surface area contributed by atoms with E-state index in [2.05, 4.69) is 9.98 Å². The summed E-state index contributed by atoms with van der Waals surface area (Å²) in [6, 6.07) is 2.39. The molecule has 0 radical (unpaired) electrons. The summed E-state index contributed by atoms with van der Waals surface area (Å²) in [5.74, 6) is -0.879. The first-order chi connectivity index (χ1) is 9.41.